The third-order valence-electron chi connectivity index (χ3n) is 5.55. The normalized spacial score (nSPS) is 22.4. The molecule has 0 saturated carbocycles. The summed E-state index contributed by atoms with van der Waals surface area (Å²) in [6.07, 6.45) is -5.38. The van der Waals surface area contributed by atoms with Crippen LogP contribution in [0.4, 0.5) is 0 Å². The van der Waals surface area contributed by atoms with Crippen molar-refractivity contribution < 1.29 is 57.1 Å². The Labute approximate surface area is 220 Å². The maximum Gasteiger partial charge on any atom is 0.305 e. The monoisotopic (exact) mass is 539 g/mol. The smallest absolute Gasteiger partial charge is 0.305 e. The summed E-state index contributed by atoms with van der Waals surface area (Å²) < 4.78 is 38.0. The second-order valence-electron chi connectivity index (χ2n) is 8.42. The number of benzene rings is 1. The molecule has 1 heterocycles. The van der Waals surface area contributed by atoms with Crippen molar-refractivity contribution in [3.05, 3.63) is 23.8 Å². The van der Waals surface area contributed by atoms with E-state index in [0.717, 1.165) is 20.8 Å². The number of methoxy groups -OCH3 is 2. The minimum absolute atomic E-state index is 0.104. The van der Waals surface area contributed by atoms with E-state index >= 15 is 0 Å². The van der Waals surface area contributed by atoms with E-state index in [9.17, 15) is 24.0 Å². The molecule has 0 unspecified atom stereocenters. The largest absolute Gasteiger partial charge is 0.497 e. The van der Waals surface area contributed by atoms with Gasteiger partial charge >= 0.3 is 23.9 Å². The Hall–Kier alpha value is -3.87. The lowest BCUT2D eigenvalue weighted by Gasteiger charge is -2.48. The summed E-state index contributed by atoms with van der Waals surface area (Å²) >= 11 is 0. The molecule has 0 N–H and O–H groups in total. The molecule has 1 aliphatic heterocycles. The zero-order valence-corrected chi connectivity index (χ0v) is 22.4. The molecule has 1 aromatic rings. The quantitative estimate of drug-likeness (QED) is 0.309. The van der Waals surface area contributed by atoms with Gasteiger partial charge in [-0.1, -0.05) is 0 Å². The Morgan fingerprint density at radius 3 is 1.92 bits per heavy atom. The highest BCUT2D eigenvalue weighted by molar-refractivity contribution is 5.74. The fourth-order valence-corrected chi connectivity index (χ4v) is 4.07. The van der Waals surface area contributed by atoms with Crippen LogP contribution in [0.3, 0.4) is 0 Å². The number of carbonyl (C=O) groups excluding carboxylic acids is 5. The molecule has 2 rings (SSSR count). The Kier molecular flexibility index (Phi) is 10.9. The van der Waals surface area contributed by atoms with Gasteiger partial charge in [-0.3, -0.25) is 24.0 Å². The van der Waals surface area contributed by atoms with E-state index in [2.05, 4.69) is 0 Å². The number of carbonyl (C=O) groups is 5. The van der Waals surface area contributed by atoms with Crippen LogP contribution in [0.25, 0.3) is 0 Å². The van der Waals surface area contributed by atoms with Crippen LogP contribution < -0.4 is 9.47 Å². The Morgan fingerprint density at radius 2 is 1.42 bits per heavy atom. The van der Waals surface area contributed by atoms with Crippen LogP contribution in [0.2, 0.25) is 0 Å². The zero-order chi connectivity index (χ0) is 28.6. The van der Waals surface area contributed by atoms with Gasteiger partial charge in [0, 0.05) is 46.2 Å². The first-order chi connectivity index (χ1) is 17.9. The summed E-state index contributed by atoms with van der Waals surface area (Å²) in [5.74, 6) is -2.53. The molecule has 1 aromatic carbocycles. The lowest BCUT2D eigenvalue weighted by atomic mass is 9.94. The molecule has 13 heteroatoms. The van der Waals surface area contributed by atoms with Crippen molar-refractivity contribution in [2.45, 2.75) is 71.8 Å². The van der Waals surface area contributed by atoms with E-state index in [1.54, 1.807) is 18.2 Å². The first kappa shape index (κ1) is 30.4. The fraction of sp³-hybridized carbons (Fsp3) is 0.560. The predicted octanol–water partition coefficient (Wildman–Crippen LogP) is 1.14. The summed E-state index contributed by atoms with van der Waals surface area (Å²) in [6.45, 7) is 5.30. The summed E-state index contributed by atoms with van der Waals surface area (Å²) in [5.41, 5.74) is 0.540. The lowest BCUT2D eigenvalue weighted by Crippen LogP contribution is -2.67. The van der Waals surface area contributed by atoms with Gasteiger partial charge in [-0.2, -0.15) is 0 Å². The van der Waals surface area contributed by atoms with Crippen LogP contribution >= 0.6 is 0 Å². The summed E-state index contributed by atoms with van der Waals surface area (Å²) in [5, 5.41) is 0. The summed E-state index contributed by atoms with van der Waals surface area (Å²) in [6, 6.07) is 3.68. The lowest BCUT2D eigenvalue weighted by molar-refractivity contribution is -0.284. The Bertz CT molecular complexity index is 1040. The van der Waals surface area contributed by atoms with E-state index in [-0.39, 0.29) is 6.54 Å². The maximum absolute atomic E-state index is 13.0. The molecule has 1 aliphatic rings. The molecule has 0 aromatic heterocycles. The van der Waals surface area contributed by atoms with Crippen molar-refractivity contribution in [3.8, 4) is 11.5 Å². The SMILES string of the molecule is COc1ccc(CN(C(C)=O)[C@H]2[C@H](OC(C)=O)O[C@H](COC(C)=O)[C@@H](OC(C)=O)[C@@H]2OC(C)=O)c(OC)c1. The van der Waals surface area contributed by atoms with Gasteiger partial charge in [0.15, 0.2) is 12.2 Å². The minimum Gasteiger partial charge on any atom is -0.497 e. The van der Waals surface area contributed by atoms with Gasteiger partial charge in [0.1, 0.15) is 30.3 Å². The second-order valence-corrected chi connectivity index (χ2v) is 8.42. The Morgan fingerprint density at radius 1 is 0.816 bits per heavy atom. The number of ether oxygens (including phenoxy) is 7. The van der Waals surface area contributed by atoms with Crippen LogP contribution in [0.5, 0.6) is 11.5 Å². The highest BCUT2D eigenvalue weighted by Gasteiger charge is 2.54. The molecule has 1 amide bonds. The first-order valence-electron chi connectivity index (χ1n) is 11.7. The molecule has 38 heavy (non-hydrogen) atoms. The van der Waals surface area contributed by atoms with Crippen LogP contribution in [-0.4, -0.2) is 86.2 Å². The van der Waals surface area contributed by atoms with Crippen molar-refractivity contribution in [3.63, 3.8) is 0 Å². The minimum atomic E-state index is -1.49. The third-order valence-corrected chi connectivity index (χ3v) is 5.55. The average Bonchev–Trinajstić information content (AvgIpc) is 2.82. The molecule has 5 atom stereocenters. The first-order valence-corrected chi connectivity index (χ1v) is 11.7. The molecule has 0 spiro atoms. The van der Waals surface area contributed by atoms with E-state index in [4.69, 9.17) is 33.2 Å². The van der Waals surface area contributed by atoms with E-state index < -0.39 is 67.0 Å². The number of amides is 1. The topological polar surface area (TPSA) is 153 Å². The van der Waals surface area contributed by atoms with Crippen LogP contribution in [-0.2, 0) is 54.2 Å². The van der Waals surface area contributed by atoms with E-state index in [0.29, 0.717) is 17.1 Å². The summed E-state index contributed by atoms with van der Waals surface area (Å²) in [7, 11) is 2.93. The van der Waals surface area contributed by atoms with Crippen LogP contribution in [0.1, 0.15) is 40.2 Å². The van der Waals surface area contributed by atoms with Gasteiger partial charge < -0.3 is 38.1 Å². The number of esters is 4. The standard InChI is InChI=1S/C25H33NO12/c1-13(27)26(11-18-8-9-19(32-6)10-20(18)33-7)22-24(36-16(4)30)23(35-15(3)29)21(12-34-14(2)28)38-25(22)37-17(5)31/h8-10,21-25H,11-12H2,1-7H3/t21-,22-,23-,24-,25-/m1/s1. The van der Waals surface area contributed by atoms with Gasteiger partial charge in [-0.15, -0.1) is 0 Å². The number of hydrogen-bond acceptors (Lipinski definition) is 12. The third kappa shape index (κ3) is 8.07. The van der Waals surface area contributed by atoms with Crippen molar-refractivity contribution in [2.24, 2.45) is 0 Å². The van der Waals surface area contributed by atoms with Crippen molar-refractivity contribution in [2.75, 3.05) is 20.8 Å². The van der Waals surface area contributed by atoms with E-state index in [1.165, 1.54) is 33.0 Å². The fourth-order valence-electron chi connectivity index (χ4n) is 4.07. The molecule has 13 nitrogen and oxygen atoms in total. The van der Waals surface area contributed by atoms with Crippen molar-refractivity contribution in [1.29, 1.82) is 0 Å². The zero-order valence-electron chi connectivity index (χ0n) is 22.4. The molecule has 0 bridgehead atoms. The average molecular weight is 540 g/mol. The molecule has 1 fully saturated rings. The maximum atomic E-state index is 13.0. The highest BCUT2D eigenvalue weighted by Crippen LogP contribution is 2.34. The number of hydrogen-bond donors (Lipinski definition) is 0. The number of nitrogens with zero attached hydrogens (tertiary/aromatic N) is 1. The molecular weight excluding hydrogens is 506 g/mol. The molecule has 0 aliphatic carbocycles. The predicted molar refractivity (Wildman–Crippen MR) is 128 cm³/mol. The molecule has 210 valence electrons. The Balaban J connectivity index is 2.64. The molecular formula is C25H33NO12. The van der Waals surface area contributed by atoms with Crippen LogP contribution in [0.15, 0.2) is 18.2 Å². The van der Waals surface area contributed by atoms with Gasteiger partial charge in [0.2, 0.25) is 12.2 Å². The van der Waals surface area contributed by atoms with Gasteiger partial charge in [0.25, 0.3) is 0 Å². The second kappa shape index (κ2) is 13.6. The molecule has 1 saturated heterocycles. The van der Waals surface area contributed by atoms with E-state index in [1.807, 2.05) is 0 Å². The molecule has 0 radical (unpaired) electrons. The van der Waals surface area contributed by atoms with Crippen molar-refractivity contribution >= 4 is 29.8 Å². The van der Waals surface area contributed by atoms with Gasteiger partial charge in [-0.05, 0) is 12.1 Å². The van der Waals surface area contributed by atoms with Crippen LogP contribution in [0, 0.1) is 0 Å². The van der Waals surface area contributed by atoms with Crippen molar-refractivity contribution in [1.82, 2.24) is 4.90 Å². The highest BCUT2D eigenvalue weighted by atomic mass is 16.7. The van der Waals surface area contributed by atoms with Gasteiger partial charge in [0.05, 0.1) is 20.8 Å². The van der Waals surface area contributed by atoms with Gasteiger partial charge in [-0.25, -0.2) is 0 Å². The summed E-state index contributed by atoms with van der Waals surface area (Å²) in [4.78, 5) is 61.9. The number of rotatable bonds is 10.